The number of benzene rings is 1. The molecule has 1 aromatic carbocycles. The molecule has 0 aliphatic carbocycles. The van der Waals surface area contributed by atoms with Gasteiger partial charge in [-0.15, -0.1) is 11.3 Å². The van der Waals surface area contributed by atoms with Crippen molar-refractivity contribution < 1.29 is 4.79 Å². The van der Waals surface area contributed by atoms with Gasteiger partial charge in [0.25, 0.3) is 0 Å². The fourth-order valence-corrected chi connectivity index (χ4v) is 2.75. The number of carbonyl (C=O) groups excluding carboxylic acids is 1. The molecule has 106 valence electrons. The van der Waals surface area contributed by atoms with Gasteiger partial charge in [-0.25, -0.2) is 0 Å². The van der Waals surface area contributed by atoms with Crippen LogP contribution in [0.5, 0.6) is 0 Å². The normalized spacial score (nSPS) is 10.4. The highest BCUT2D eigenvalue weighted by Gasteiger charge is 2.02. The van der Waals surface area contributed by atoms with Crippen LogP contribution in [0.3, 0.4) is 0 Å². The summed E-state index contributed by atoms with van der Waals surface area (Å²) in [7, 11) is 0. The van der Waals surface area contributed by atoms with Crippen LogP contribution in [0.4, 0.5) is 5.69 Å². The monoisotopic (exact) mass is 288 g/mol. The van der Waals surface area contributed by atoms with Crippen LogP contribution in [0, 0.1) is 0 Å². The molecule has 3 N–H and O–H groups in total. The Morgan fingerprint density at radius 3 is 2.65 bits per heavy atom. The Labute approximate surface area is 123 Å². The van der Waals surface area contributed by atoms with Gasteiger partial charge >= 0.3 is 0 Å². The van der Waals surface area contributed by atoms with Gasteiger partial charge in [0.1, 0.15) is 0 Å². The van der Waals surface area contributed by atoms with Gasteiger partial charge in [-0.1, -0.05) is 18.2 Å². The van der Waals surface area contributed by atoms with Crippen molar-refractivity contribution in [3.63, 3.8) is 0 Å². The second-order valence-corrected chi connectivity index (χ2v) is 5.81. The first-order valence-electron chi connectivity index (χ1n) is 6.87. The minimum atomic E-state index is 0.136. The largest absolute Gasteiger partial charge is 0.399 e. The van der Waals surface area contributed by atoms with Crippen LogP contribution < -0.4 is 11.1 Å². The number of anilines is 1. The molecule has 0 spiro atoms. The molecule has 1 aromatic heterocycles. The van der Waals surface area contributed by atoms with E-state index in [0.717, 1.165) is 24.9 Å². The maximum atomic E-state index is 11.7. The number of nitrogens with two attached hydrogens (primary N) is 1. The van der Waals surface area contributed by atoms with Gasteiger partial charge in [0.2, 0.25) is 5.91 Å². The summed E-state index contributed by atoms with van der Waals surface area (Å²) in [5.41, 5.74) is 7.59. The number of hydrogen-bond acceptors (Lipinski definition) is 3. The van der Waals surface area contributed by atoms with Crippen molar-refractivity contribution in [3.05, 3.63) is 52.2 Å². The first-order valence-corrected chi connectivity index (χ1v) is 7.75. The van der Waals surface area contributed by atoms with Crippen molar-refractivity contribution in [1.29, 1.82) is 0 Å². The molecule has 2 aromatic rings. The Morgan fingerprint density at radius 2 is 1.95 bits per heavy atom. The summed E-state index contributed by atoms with van der Waals surface area (Å²) >= 11 is 1.75. The number of carbonyl (C=O) groups is 1. The maximum Gasteiger partial charge on any atom is 0.220 e. The van der Waals surface area contributed by atoms with Crippen LogP contribution in [0.1, 0.15) is 23.3 Å². The van der Waals surface area contributed by atoms with Crippen LogP contribution in [0.2, 0.25) is 0 Å². The summed E-state index contributed by atoms with van der Waals surface area (Å²) in [4.78, 5) is 13.0. The Balaban J connectivity index is 1.59. The van der Waals surface area contributed by atoms with Crippen LogP contribution in [-0.2, 0) is 17.6 Å². The van der Waals surface area contributed by atoms with E-state index in [4.69, 9.17) is 5.73 Å². The van der Waals surface area contributed by atoms with E-state index in [2.05, 4.69) is 16.8 Å². The minimum Gasteiger partial charge on any atom is -0.399 e. The zero-order valence-corrected chi connectivity index (χ0v) is 12.3. The topological polar surface area (TPSA) is 55.1 Å². The molecule has 3 nitrogen and oxygen atoms in total. The van der Waals surface area contributed by atoms with E-state index in [-0.39, 0.29) is 5.91 Å². The van der Waals surface area contributed by atoms with E-state index in [1.165, 1.54) is 10.4 Å². The molecule has 1 amide bonds. The van der Waals surface area contributed by atoms with Crippen molar-refractivity contribution in [3.8, 4) is 0 Å². The third-order valence-electron chi connectivity index (χ3n) is 3.12. The summed E-state index contributed by atoms with van der Waals surface area (Å²) in [5, 5.41) is 5.03. The predicted molar refractivity (Wildman–Crippen MR) is 84.8 cm³/mol. The molecule has 1 heterocycles. The van der Waals surface area contributed by atoms with Crippen molar-refractivity contribution in [2.45, 2.75) is 25.7 Å². The highest BCUT2D eigenvalue weighted by atomic mass is 32.1. The number of nitrogen functional groups attached to an aromatic ring is 1. The fourth-order valence-electron chi connectivity index (χ4n) is 2.00. The molecule has 0 fully saturated rings. The molecular weight excluding hydrogens is 268 g/mol. The fraction of sp³-hybridized carbons (Fsp3) is 0.312. The highest BCUT2D eigenvalue weighted by Crippen LogP contribution is 2.11. The molecule has 20 heavy (non-hydrogen) atoms. The second-order valence-electron chi connectivity index (χ2n) is 4.77. The van der Waals surface area contributed by atoms with E-state index in [9.17, 15) is 4.79 Å². The highest BCUT2D eigenvalue weighted by molar-refractivity contribution is 7.09. The minimum absolute atomic E-state index is 0.136. The third-order valence-corrected chi connectivity index (χ3v) is 4.06. The number of nitrogens with one attached hydrogen (secondary N) is 1. The number of rotatable bonds is 7. The van der Waals surface area contributed by atoms with Crippen LogP contribution >= 0.6 is 11.3 Å². The van der Waals surface area contributed by atoms with E-state index >= 15 is 0 Å². The molecule has 0 aliphatic rings. The molecule has 0 radical (unpaired) electrons. The summed E-state index contributed by atoms with van der Waals surface area (Å²) in [6.07, 6.45) is 3.34. The number of amides is 1. The molecule has 0 bridgehead atoms. The van der Waals surface area contributed by atoms with E-state index in [1.54, 1.807) is 11.3 Å². The molecule has 0 aliphatic heterocycles. The van der Waals surface area contributed by atoms with Crippen molar-refractivity contribution in [1.82, 2.24) is 5.32 Å². The van der Waals surface area contributed by atoms with Gasteiger partial charge in [-0.3, -0.25) is 4.79 Å². The van der Waals surface area contributed by atoms with Crippen molar-refractivity contribution in [2.75, 3.05) is 12.3 Å². The Morgan fingerprint density at radius 1 is 1.15 bits per heavy atom. The Hall–Kier alpha value is -1.81. The molecular formula is C16H20N2OS. The van der Waals surface area contributed by atoms with Gasteiger partial charge in [0.15, 0.2) is 0 Å². The van der Waals surface area contributed by atoms with Crippen molar-refractivity contribution >= 4 is 22.9 Å². The van der Waals surface area contributed by atoms with Gasteiger partial charge in [0, 0.05) is 23.5 Å². The summed E-state index contributed by atoms with van der Waals surface area (Å²) in [5.74, 6) is 0.136. The van der Waals surface area contributed by atoms with Gasteiger partial charge in [-0.05, 0) is 48.4 Å². The molecule has 0 saturated carbocycles. The van der Waals surface area contributed by atoms with E-state index < -0.39 is 0 Å². The average Bonchev–Trinajstić information content (AvgIpc) is 2.94. The van der Waals surface area contributed by atoms with Crippen LogP contribution in [0.15, 0.2) is 41.8 Å². The number of thiophene rings is 1. The number of hydrogen-bond donors (Lipinski definition) is 2. The molecule has 2 rings (SSSR count). The second kappa shape index (κ2) is 7.70. The summed E-state index contributed by atoms with van der Waals surface area (Å²) < 4.78 is 0. The lowest BCUT2D eigenvalue weighted by molar-refractivity contribution is -0.121. The zero-order chi connectivity index (χ0) is 14.2. The first kappa shape index (κ1) is 14.6. The van der Waals surface area contributed by atoms with E-state index in [1.807, 2.05) is 30.3 Å². The summed E-state index contributed by atoms with van der Waals surface area (Å²) in [6.45, 7) is 0.682. The lowest BCUT2D eigenvalue weighted by Gasteiger charge is -2.05. The van der Waals surface area contributed by atoms with Crippen molar-refractivity contribution in [2.24, 2.45) is 0 Å². The Kier molecular flexibility index (Phi) is 5.62. The number of aryl methyl sites for hydroxylation is 1. The molecule has 0 saturated heterocycles. The molecule has 0 unspecified atom stereocenters. The predicted octanol–water partition coefficient (Wildman–Crippen LogP) is 3.01. The van der Waals surface area contributed by atoms with Gasteiger partial charge < -0.3 is 11.1 Å². The van der Waals surface area contributed by atoms with E-state index in [0.29, 0.717) is 13.0 Å². The van der Waals surface area contributed by atoms with Crippen LogP contribution in [0.25, 0.3) is 0 Å². The maximum absolute atomic E-state index is 11.7. The third kappa shape index (κ3) is 5.05. The lowest BCUT2D eigenvalue weighted by Crippen LogP contribution is -2.25. The smallest absolute Gasteiger partial charge is 0.220 e. The first-order chi connectivity index (χ1) is 9.74. The Bertz CT molecular complexity index is 520. The average molecular weight is 288 g/mol. The SMILES string of the molecule is Nc1ccc(CCNC(=O)CCCc2cccs2)cc1. The standard InChI is InChI=1S/C16H20N2OS/c17-14-8-6-13(7-9-14)10-11-18-16(19)5-1-3-15-4-2-12-20-15/h2,4,6-9,12H,1,3,5,10-11,17H2,(H,18,19). The van der Waals surface area contributed by atoms with Gasteiger partial charge in [0.05, 0.1) is 0 Å². The molecule has 4 heteroatoms. The van der Waals surface area contributed by atoms with Crippen LogP contribution in [-0.4, -0.2) is 12.5 Å². The zero-order valence-electron chi connectivity index (χ0n) is 11.5. The quantitative estimate of drug-likeness (QED) is 0.769. The van der Waals surface area contributed by atoms with Gasteiger partial charge in [-0.2, -0.15) is 0 Å². The molecule has 0 atom stereocenters. The lowest BCUT2D eigenvalue weighted by atomic mass is 10.1. The summed E-state index contributed by atoms with van der Waals surface area (Å²) in [6, 6.07) is 11.9.